The first-order valence-corrected chi connectivity index (χ1v) is 2.71. The topological polar surface area (TPSA) is 46.5 Å². The minimum atomic E-state index is -0.947. The van der Waals surface area contributed by atoms with E-state index in [0.717, 1.165) is 6.26 Å². The van der Waals surface area contributed by atoms with Gasteiger partial charge >= 0.3 is 5.97 Å². The molecule has 0 aliphatic rings. The smallest absolute Gasteiger partial charge is 0.344 e. The van der Waals surface area contributed by atoms with Crippen LogP contribution >= 0.6 is 0 Å². The van der Waals surface area contributed by atoms with Crippen molar-refractivity contribution in [3.05, 3.63) is 12.8 Å². The zero-order valence-electron chi connectivity index (χ0n) is 5.33. The highest BCUT2D eigenvalue weighted by Crippen LogP contribution is 1.96. The Labute approximate surface area is 53.9 Å². The Balaban J connectivity index is 3.67. The lowest BCUT2D eigenvalue weighted by Gasteiger charge is -2.06. The SMILES string of the molecule is C=COC(CC)C(=O)O. The molecule has 1 N–H and O–H groups in total. The van der Waals surface area contributed by atoms with Gasteiger partial charge in [0.1, 0.15) is 0 Å². The van der Waals surface area contributed by atoms with Crippen LogP contribution in [-0.4, -0.2) is 17.2 Å². The predicted octanol–water partition coefficient (Wildman–Crippen LogP) is 1.01. The van der Waals surface area contributed by atoms with Crippen LogP contribution in [-0.2, 0) is 9.53 Å². The quantitative estimate of drug-likeness (QED) is 0.577. The molecule has 9 heavy (non-hydrogen) atoms. The Morgan fingerprint density at radius 3 is 2.67 bits per heavy atom. The third kappa shape index (κ3) is 2.74. The molecule has 0 aliphatic carbocycles. The van der Waals surface area contributed by atoms with Crippen LogP contribution < -0.4 is 0 Å². The van der Waals surface area contributed by atoms with E-state index in [1.807, 2.05) is 0 Å². The number of hydrogen-bond acceptors (Lipinski definition) is 2. The van der Waals surface area contributed by atoms with Crippen LogP contribution in [0.1, 0.15) is 13.3 Å². The van der Waals surface area contributed by atoms with Gasteiger partial charge in [0.05, 0.1) is 6.26 Å². The van der Waals surface area contributed by atoms with Crippen LogP contribution in [0.5, 0.6) is 0 Å². The first-order chi connectivity index (χ1) is 4.22. The molecule has 0 saturated carbocycles. The number of carboxylic acid groups (broad SMARTS) is 1. The lowest BCUT2D eigenvalue weighted by Crippen LogP contribution is -2.20. The van der Waals surface area contributed by atoms with E-state index in [9.17, 15) is 4.79 Å². The van der Waals surface area contributed by atoms with E-state index in [0.29, 0.717) is 6.42 Å². The summed E-state index contributed by atoms with van der Waals surface area (Å²) in [5.41, 5.74) is 0. The molecular formula is C6H10O3. The van der Waals surface area contributed by atoms with Crippen LogP contribution in [0.2, 0.25) is 0 Å². The first-order valence-electron chi connectivity index (χ1n) is 2.71. The second-order valence-electron chi connectivity index (χ2n) is 1.54. The molecule has 1 atom stereocenters. The van der Waals surface area contributed by atoms with Gasteiger partial charge in [-0.25, -0.2) is 4.79 Å². The molecule has 52 valence electrons. The summed E-state index contributed by atoms with van der Waals surface area (Å²) in [4.78, 5) is 10.1. The predicted molar refractivity (Wildman–Crippen MR) is 33.0 cm³/mol. The molecule has 0 saturated heterocycles. The molecular weight excluding hydrogens is 120 g/mol. The van der Waals surface area contributed by atoms with Crippen LogP contribution in [0.3, 0.4) is 0 Å². The fourth-order valence-corrected chi connectivity index (χ4v) is 0.445. The van der Waals surface area contributed by atoms with Crippen molar-refractivity contribution in [1.29, 1.82) is 0 Å². The number of carbonyl (C=O) groups is 1. The number of rotatable bonds is 4. The minimum Gasteiger partial charge on any atom is -0.487 e. The maximum Gasteiger partial charge on any atom is 0.344 e. The van der Waals surface area contributed by atoms with Gasteiger partial charge in [0.25, 0.3) is 0 Å². The van der Waals surface area contributed by atoms with Crippen molar-refractivity contribution in [2.45, 2.75) is 19.4 Å². The first kappa shape index (κ1) is 8.01. The number of aliphatic carboxylic acids is 1. The monoisotopic (exact) mass is 130 g/mol. The largest absolute Gasteiger partial charge is 0.487 e. The van der Waals surface area contributed by atoms with Crippen molar-refractivity contribution in [1.82, 2.24) is 0 Å². The summed E-state index contributed by atoms with van der Waals surface area (Å²) in [5, 5.41) is 8.33. The molecule has 0 rings (SSSR count). The number of hydrogen-bond donors (Lipinski definition) is 1. The van der Waals surface area contributed by atoms with Crippen LogP contribution in [0.15, 0.2) is 12.8 Å². The van der Waals surface area contributed by atoms with E-state index >= 15 is 0 Å². The summed E-state index contributed by atoms with van der Waals surface area (Å²) in [5.74, 6) is -0.947. The van der Waals surface area contributed by atoms with Gasteiger partial charge in [-0.05, 0) is 6.42 Å². The van der Waals surface area contributed by atoms with Gasteiger partial charge < -0.3 is 9.84 Å². The molecule has 0 spiro atoms. The molecule has 0 fully saturated rings. The standard InChI is InChI=1S/C6H10O3/c1-3-5(6(7)8)9-4-2/h4-5H,2-3H2,1H3,(H,7,8). The molecule has 0 amide bonds. The van der Waals surface area contributed by atoms with Crippen LogP contribution in [0, 0.1) is 0 Å². The van der Waals surface area contributed by atoms with Gasteiger partial charge in [0.15, 0.2) is 6.10 Å². The summed E-state index contributed by atoms with van der Waals surface area (Å²) in [6.07, 6.45) is 0.867. The maximum atomic E-state index is 10.1. The highest BCUT2D eigenvalue weighted by molar-refractivity contribution is 5.72. The molecule has 0 heterocycles. The minimum absolute atomic E-state index is 0.460. The molecule has 0 aliphatic heterocycles. The van der Waals surface area contributed by atoms with E-state index in [-0.39, 0.29) is 0 Å². The van der Waals surface area contributed by atoms with Crippen molar-refractivity contribution in [3.63, 3.8) is 0 Å². The summed E-state index contributed by atoms with van der Waals surface area (Å²) >= 11 is 0. The Morgan fingerprint density at radius 1 is 2.00 bits per heavy atom. The van der Waals surface area contributed by atoms with Crippen molar-refractivity contribution in [2.24, 2.45) is 0 Å². The molecule has 0 aromatic carbocycles. The van der Waals surface area contributed by atoms with E-state index in [2.05, 4.69) is 11.3 Å². The Kier molecular flexibility index (Phi) is 3.51. The Bertz CT molecular complexity index is 109. The summed E-state index contributed by atoms with van der Waals surface area (Å²) in [6.45, 7) is 4.98. The van der Waals surface area contributed by atoms with Crippen molar-refractivity contribution >= 4 is 5.97 Å². The summed E-state index contributed by atoms with van der Waals surface area (Å²) in [6, 6.07) is 0. The molecule has 3 heteroatoms. The van der Waals surface area contributed by atoms with Crippen molar-refractivity contribution in [3.8, 4) is 0 Å². The van der Waals surface area contributed by atoms with Gasteiger partial charge in [-0.15, -0.1) is 0 Å². The fourth-order valence-electron chi connectivity index (χ4n) is 0.445. The zero-order chi connectivity index (χ0) is 7.28. The highest BCUT2D eigenvalue weighted by atomic mass is 16.5. The highest BCUT2D eigenvalue weighted by Gasteiger charge is 2.13. The Morgan fingerprint density at radius 2 is 2.56 bits per heavy atom. The normalized spacial score (nSPS) is 12.1. The average molecular weight is 130 g/mol. The van der Waals surface area contributed by atoms with Crippen LogP contribution in [0.25, 0.3) is 0 Å². The second-order valence-corrected chi connectivity index (χ2v) is 1.54. The van der Waals surface area contributed by atoms with E-state index in [1.54, 1.807) is 6.92 Å². The fraction of sp³-hybridized carbons (Fsp3) is 0.500. The molecule has 0 aromatic heterocycles. The summed E-state index contributed by atoms with van der Waals surface area (Å²) in [7, 11) is 0. The maximum absolute atomic E-state index is 10.1. The van der Waals surface area contributed by atoms with Gasteiger partial charge in [0, 0.05) is 0 Å². The second kappa shape index (κ2) is 3.95. The van der Waals surface area contributed by atoms with E-state index < -0.39 is 12.1 Å². The lowest BCUT2D eigenvalue weighted by atomic mass is 10.3. The summed E-state index contributed by atoms with van der Waals surface area (Å²) < 4.78 is 4.62. The molecule has 1 unspecified atom stereocenters. The average Bonchev–Trinajstić information content (AvgIpc) is 1.82. The Hall–Kier alpha value is -0.990. The van der Waals surface area contributed by atoms with Gasteiger partial charge in [-0.2, -0.15) is 0 Å². The number of carboxylic acids is 1. The third-order valence-electron chi connectivity index (χ3n) is 0.907. The van der Waals surface area contributed by atoms with E-state index in [4.69, 9.17) is 5.11 Å². The lowest BCUT2D eigenvalue weighted by molar-refractivity contribution is -0.147. The molecule has 0 radical (unpaired) electrons. The van der Waals surface area contributed by atoms with Gasteiger partial charge in [-0.3, -0.25) is 0 Å². The van der Waals surface area contributed by atoms with Crippen molar-refractivity contribution in [2.75, 3.05) is 0 Å². The van der Waals surface area contributed by atoms with Gasteiger partial charge in [0.2, 0.25) is 0 Å². The molecule has 3 nitrogen and oxygen atoms in total. The number of ether oxygens (including phenoxy) is 1. The van der Waals surface area contributed by atoms with Crippen LogP contribution in [0.4, 0.5) is 0 Å². The van der Waals surface area contributed by atoms with Gasteiger partial charge in [-0.1, -0.05) is 13.5 Å². The third-order valence-corrected chi connectivity index (χ3v) is 0.907. The van der Waals surface area contributed by atoms with Crippen molar-refractivity contribution < 1.29 is 14.6 Å². The molecule has 0 bridgehead atoms. The zero-order valence-corrected chi connectivity index (χ0v) is 5.33. The molecule has 0 aromatic rings. The van der Waals surface area contributed by atoms with E-state index in [1.165, 1.54) is 0 Å².